The van der Waals surface area contributed by atoms with Crippen molar-refractivity contribution in [3.63, 3.8) is 0 Å². The minimum Gasteiger partial charge on any atom is -0.395 e. The Balaban J connectivity index is 2.03. The van der Waals surface area contributed by atoms with E-state index in [1.165, 1.54) is 4.90 Å². The summed E-state index contributed by atoms with van der Waals surface area (Å²) in [6.45, 7) is 5.86. The maximum Gasteiger partial charge on any atom is 0.240 e. The number of unbranched alkanes of at least 4 members (excludes halogenated alkanes) is 1. The van der Waals surface area contributed by atoms with Crippen LogP contribution in [-0.4, -0.2) is 60.0 Å². The van der Waals surface area contributed by atoms with Gasteiger partial charge in [0.15, 0.2) is 0 Å². The van der Waals surface area contributed by atoms with Gasteiger partial charge in [-0.3, -0.25) is 14.5 Å². The second-order valence-corrected chi connectivity index (χ2v) is 6.70. The summed E-state index contributed by atoms with van der Waals surface area (Å²) < 4.78 is 0. The first-order valence-corrected chi connectivity index (χ1v) is 8.86. The third-order valence-corrected chi connectivity index (χ3v) is 4.88. The van der Waals surface area contributed by atoms with Crippen LogP contribution < -0.4 is 0 Å². The van der Waals surface area contributed by atoms with E-state index in [-0.39, 0.29) is 24.8 Å². The van der Waals surface area contributed by atoms with Crippen LogP contribution in [0.4, 0.5) is 0 Å². The third-order valence-electron chi connectivity index (χ3n) is 4.88. The predicted molar refractivity (Wildman–Crippen MR) is 98.1 cm³/mol. The van der Waals surface area contributed by atoms with Crippen LogP contribution in [0.1, 0.15) is 31.2 Å². The Morgan fingerprint density at radius 3 is 2.60 bits per heavy atom. The molecule has 5 heteroatoms. The zero-order valence-electron chi connectivity index (χ0n) is 15.0. The number of allylic oxidation sites excluding steroid dienone is 1. The topological polar surface area (TPSA) is 60.9 Å². The normalized spacial score (nSPS) is 20.5. The Morgan fingerprint density at radius 1 is 1.24 bits per heavy atom. The van der Waals surface area contributed by atoms with Gasteiger partial charge in [0.05, 0.1) is 12.0 Å². The Labute approximate surface area is 149 Å². The molecule has 2 rings (SSSR count). The molecule has 1 fully saturated rings. The fraction of sp³-hybridized carbons (Fsp3) is 0.500. The van der Waals surface area contributed by atoms with Crippen LogP contribution in [0.25, 0.3) is 0 Å². The van der Waals surface area contributed by atoms with Crippen molar-refractivity contribution in [3.05, 3.63) is 48.6 Å². The number of aliphatic hydroxyl groups excluding tert-OH is 1. The molecule has 0 saturated carbocycles. The van der Waals surface area contributed by atoms with E-state index in [2.05, 4.69) is 6.58 Å². The number of carbonyl (C=O) groups excluding carboxylic acids is 2. The largest absolute Gasteiger partial charge is 0.395 e. The van der Waals surface area contributed by atoms with Gasteiger partial charge in [-0.05, 0) is 38.4 Å². The van der Waals surface area contributed by atoms with Gasteiger partial charge in [0, 0.05) is 19.5 Å². The maximum atomic E-state index is 13.1. The summed E-state index contributed by atoms with van der Waals surface area (Å²) in [5, 5.41) is 8.90. The first kappa shape index (κ1) is 19.3. The fourth-order valence-electron chi connectivity index (χ4n) is 3.47. The number of hydrogen-bond donors (Lipinski definition) is 1. The summed E-state index contributed by atoms with van der Waals surface area (Å²) in [7, 11) is 1.95. The van der Waals surface area contributed by atoms with Gasteiger partial charge < -0.3 is 10.0 Å². The number of likely N-dealkylation sites (N-methyl/N-ethyl adjacent to an activating group) is 1. The zero-order valence-corrected chi connectivity index (χ0v) is 15.0. The lowest BCUT2D eigenvalue weighted by Crippen LogP contribution is -2.39. The van der Waals surface area contributed by atoms with Crippen molar-refractivity contribution in [2.45, 2.75) is 31.1 Å². The third kappa shape index (κ3) is 4.35. The van der Waals surface area contributed by atoms with Gasteiger partial charge in [-0.15, -0.1) is 6.58 Å². The average molecular weight is 344 g/mol. The number of hydrogen-bond acceptors (Lipinski definition) is 4. The summed E-state index contributed by atoms with van der Waals surface area (Å²) >= 11 is 0. The van der Waals surface area contributed by atoms with Crippen LogP contribution in [-0.2, 0) is 15.0 Å². The van der Waals surface area contributed by atoms with Crippen LogP contribution in [0.5, 0.6) is 0 Å². The number of likely N-dealkylation sites (tertiary alicyclic amines) is 1. The number of aliphatic hydroxyl groups is 1. The molecule has 2 amide bonds. The van der Waals surface area contributed by atoms with E-state index >= 15 is 0 Å². The standard InChI is InChI=1S/C20H28N2O3/c1-3-11-20(17-9-5-4-6-10-17)16-18(24)22(19(20)25)13-8-7-12-21(2)14-15-23/h3-6,9-10,23H,1,7-8,11-16H2,2H3. The molecule has 5 nitrogen and oxygen atoms in total. The van der Waals surface area contributed by atoms with Crippen LogP contribution in [0.2, 0.25) is 0 Å². The number of benzene rings is 1. The van der Waals surface area contributed by atoms with Crippen molar-refractivity contribution >= 4 is 11.8 Å². The predicted octanol–water partition coefficient (Wildman–Crippen LogP) is 1.96. The van der Waals surface area contributed by atoms with Crippen molar-refractivity contribution in [1.82, 2.24) is 9.80 Å². The molecule has 1 aromatic rings. The van der Waals surface area contributed by atoms with E-state index in [0.29, 0.717) is 19.5 Å². The molecule has 25 heavy (non-hydrogen) atoms. The number of carbonyl (C=O) groups is 2. The van der Waals surface area contributed by atoms with Crippen molar-refractivity contribution < 1.29 is 14.7 Å². The summed E-state index contributed by atoms with van der Waals surface area (Å²) in [6, 6.07) is 9.55. The van der Waals surface area contributed by atoms with E-state index in [1.807, 2.05) is 42.3 Å². The highest BCUT2D eigenvalue weighted by atomic mass is 16.3. The molecular weight excluding hydrogens is 316 g/mol. The number of amides is 2. The summed E-state index contributed by atoms with van der Waals surface area (Å²) in [5.41, 5.74) is 0.0896. The molecule has 136 valence electrons. The number of nitrogens with zero attached hydrogens (tertiary/aromatic N) is 2. The highest BCUT2D eigenvalue weighted by molar-refractivity contribution is 6.09. The molecule has 1 N–H and O–H groups in total. The molecule has 1 unspecified atom stereocenters. The second kappa shape index (κ2) is 8.92. The summed E-state index contributed by atoms with van der Waals surface area (Å²) in [5.74, 6) is -0.202. The molecule has 1 aliphatic heterocycles. The van der Waals surface area contributed by atoms with Crippen molar-refractivity contribution in [1.29, 1.82) is 0 Å². The molecular formula is C20H28N2O3. The van der Waals surface area contributed by atoms with Gasteiger partial charge in [-0.25, -0.2) is 0 Å². The zero-order chi connectivity index (χ0) is 18.3. The van der Waals surface area contributed by atoms with E-state index in [0.717, 1.165) is 24.9 Å². The van der Waals surface area contributed by atoms with Crippen molar-refractivity contribution in [2.24, 2.45) is 0 Å². The van der Waals surface area contributed by atoms with Crippen molar-refractivity contribution in [3.8, 4) is 0 Å². The highest BCUT2D eigenvalue weighted by Gasteiger charge is 2.51. The molecule has 0 bridgehead atoms. The molecule has 0 radical (unpaired) electrons. The first-order chi connectivity index (χ1) is 12.0. The van der Waals surface area contributed by atoms with Crippen LogP contribution in [0, 0.1) is 0 Å². The average Bonchev–Trinajstić information content (AvgIpc) is 2.85. The number of imide groups is 1. The lowest BCUT2D eigenvalue weighted by Gasteiger charge is -2.26. The fourth-order valence-corrected chi connectivity index (χ4v) is 3.47. The molecule has 0 spiro atoms. The first-order valence-electron chi connectivity index (χ1n) is 8.86. The monoisotopic (exact) mass is 344 g/mol. The maximum absolute atomic E-state index is 13.1. The van der Waals surface area contributed by atoms with Gasteiger partial charge in [0.25, 0.3) is 0 Å². The van der Waals surface area contributed by atoms with Crippen LogP contribution >= 0.6 is 0 Å². The van der Waals surface area contributed by atoms with E-state index < -0.39 is 5.41 Å². The highest BCUT2D eigenvalue weighted by Crippen LogP contribution is 2.40. The van der Waals surface area contributed by atoms with Gasteiger partial charge in [0.2, 0.25) is 11.8 Å². The second-order valence-electron chi connectivity index (χ2n) is 6.70. The Kier molecular flexibility index (Phi) is 6.91. The molecule has 1 saturated heterocycles. The lowest BCUT2D eigenvalue weighted by molar-refractivity contribution is -0.140. The van der Waals surface area contributed by atoms with Crippen molar-refractivity contribution in [2.75, 3.05) is 33.3 Å². The van der Waals surface area contributed by atoms with Gasteiger partial charge in [0.1, 0.15) is 0 Å². The van der Waals surface area contributed by atoms with E-state index in [9.17, 15) is 9.59 Å². The van der Waals surface area contributed by atoms with Crippen LogP contribution in [0.15, 0.2) is 43.0 Å². The minimum absolute atomic E-state index is 0.0978. The van der Waals surface area contributed by atoms with Gasteiger partial charge in [-0.1, -0.05) is 36.4 Å². The minimum atomic E-state index is -0.798. The molecule has 1 aliphatic rings. The van der Waals surface area contributed by atoms with E-state index in [4.69, 9.17) is 5.11 Å². The summed E-state index contributed by atoms with van der Waals surface area (Å²) in [4.78, 5) is 29.0. The molecule has 1 atom stereocenters. The van der Waals surface area contributed by atoms with E-state index in [1.54, 1.807) is 6.08 Å². The van der Waals surface area contributed by atoms with Gasteiger partial charge in [-0.2, -0.15) is 0 Å². The quantitative estimate of drug-likeness (QED) is 0.400. The molecule has 0 aliphatic carbocycles. The van der Waals surface area contributed by atoms with Crippen LogP contribution in [0.3, 0.4) is 0 Å². The lowest BCUT2D eigenvalue weighted by atomic mass is 9.76. The Bertz CT molecular complexity index is 602. The number of rotatable bonds is 10. The molecule has 0 aromatic heterocycles. The smallest absolute Gasteiger partial charge is 0.240 e. The summed E-state index contributed by atoms with van der Waals surface area (Å²) in [6.07, 6.45) is 4.06. The Hall–Kier alpha value is -1.98. The SMILES string of the molecule is C=CCC1(c2ccccc2)CC(=O)N(CCCCN(C)CCO)C1=O. The molecule has 1 heterocycles. The Morgan fingerprint density at radius 2 is 1.96 bits per heavy atom. The molecule has 1 aromatic carbocycles. The van der Waals surface area contributed by atoms with Gasteiger partial charge >= 0.3 is 0 Å².